The maximum Gasteiger partial charge on any atom is 0.242 e. The predicted octanol–water partition coefficient (Wildman–Crippen LogP) is 6.49. The van der Waals surface area contributed by atoms with Gasteiger partial charge in [0.05, 0.1) is 10.6 Å². The van der Waals surface area contributed by atoms with Gasteiger partial charge in [-0.1, -0.05) is 64.6 Å². The lowest BCUT2D eigenvalue weighted by molar-refractivity contribution is 0.548. The number of aryl methyl sites for hydroxylation is 2. The van der Waals surface area contributed by atoms with Gasteiger partial charge in [-0.05, 0) is 66.9 Å². The number of halogens is 4. The number of hydrogen-bond acceptors (Lipinski definition) is 4. The van der Waals surface area contributed by atoms with Crippen LogP contribution in [-0.4, -0.2) is 20.7 Å². The number of nitrogens with one attached hydrogen (secondary N) is 2. The molecule has 3 aromatic rings. The summed E-state index contributed by atoms with van der Waals surface area (Å²) in [5.41, 5.74) is 4.36. The summed E-state index contributed by atoms with van der Waals surface area (Å²) in [5.74, 6) is 0. The summed E-state index contributed by atoms with van der Waals surface area (Å²) in [6.07, 6.45) is 0.489. The number of hydrogen-bond donors (Lipinski definition) is 2. The third-order valence-corrected chi connectivity index (χ3v) is 8.57. The van der Waals surface area contributed by atoms with Crippen LogP contribution in [0.5, 0.6) is 0 Å². The molecule has 2 N–H and O–H groups in total. The highest BCUT2D eigenvalue weighted by Crippen LogP contribution is 2.40. The summed E-state index contributed by atoms with van der Waals surface area (Å²) < 4.78 is 30.9. The van der Waals surface area contributed by atoms with Gasteiger partial charge in [-0.3, -0.25) is 0 Å². The van der Waals surface area contributed by atoms with Crippen LogP contribution in [-0.2, 0) is 15.6 Å². The van der Waals surface area contributed by atoms with Crippen LogP contribution in [0.4, 0.5) is 0 Å². The van der Waals surface area contributed by atoms with E-state index in [4.69, 9.17) is 46.4 Å². The van der Waals surface area contributed by atoms with Crippen LogP contribution in [0, 0.1) is 13.8 Å². The second kappa shape index (κ2) is 9.69. The van der Waals surface area contributed by atoms with Gasteiger partial charge in [-0.25, -0.2) is 8.42 Å². The lowest BCUT2D eigenvalue weighted by atomic mass is 9.78. The van der Waals surface area contributed by atoms with Gasteiger partial charge in [0.25, 0.3) is 0 Å². The SMILES string of the molecule is Cc1cc(S(=O)(=O)N[C@@](C2=NNCC2)(c2ccc(Cl)cc2)c2ccc(Cl)cc2Cl)c(C)cc1Cl. The number of sulfonamides is 1. The third-order valence-electron chi connectivity index (χ3n) is 5.77. The van der Waals surface area contributed by atoms with Gasteiger partial charge in [-0.2, -0.15) is 9.82 Å². The highest BCUT2D eigenvalue weighted by molar-refractivity contribution is 7.89. The monoisotopic (exact) mass is 555 g/mol. The standard InChI is InChI=1S/C24H21Cl4N3O2S/c1-14-12-22(15(2)11-20(14)27)34(32,33)31-24(23-9-10-29-30-23,16-3-5-17(25)6-4-16)19-8-7-18(26)13-21(19)28/h3-8,11-13,29,31H,9-10H2,1-2H3/t24-/m0/s1. The van der Waals surface area contributed by atoms with Crippen molar-refractivity contribution in [2.24, 2.45) is 5.10 Å². The molecule has 0 radical (unpaired) electrons. The summed E-state index contributed by atoms with van der Waals surface area (Å²) in [7, 11) is -4.10. The Kier molecular flexibility index (Phi) is 7.21. The quantitative estimate of drug-likeness (QED) is 0.364. The molecule has 0 saturated carbocycles. The summed E-state index contributed by atoms with van der Waals surface area (Å²) in [4.78, 5) is 0.115. The van der Waals surface area contributed by atoms with Crippen LogP contribution in [0.15, 0.2) is 64.6 Å². The normalized spacial score (nSPS) is 15.5. The molecule has 1 atom stereocenters. The lowest BCUT2D eigenvalue weighted by Gasteiger charge is -2.36. The van der Waals surface area contributed by atoms with E-state index in [0.29, 0.717) is 61.0 Å². The Morgan fingerprint density at radius 1 is 0.882 bits per heavy atom. The van der Waals surface area contributed by atoms with Gasteiger partial charge in [0.15, 0.2) is 0 Å². The Labute approximate surface area is 219 Å². The predicted molar refractivity (Wildman–Crippen MR) is 140 cm³/mol. The number of hydrazone groups is 1. The molecule has 3 aromatic carbocycles. The first kappa shape index (κ1) is 25.3. The van der Waals surface area contributed by atoms with Crippen LogP contribution < -0.4 is 10.1 Å². The van der Waals surface area contributed by atoms with E-state index in [2.05, 4.69) is 15.2 Å². The molecule has 10 heteroatoms. The Bertz CT molecular complexity index is 1390. The fourth-order valence-corrected chi connectivity index (χ4v) is 6.67. The van der Waals surface area contributed by atoms with Gasteiger partial charge in [0, 0.05) is 38.6 Å². The average Bonchev–Trinajstić information content (AvgIpc) is 3.31. The molecule has 5 nitrogen and oxygen atoms in total. The molecule has 0 bridgehead atoms. The molecule has 1 aliphatic heterocycles. The minimum Gasteiger partial charge on any atom is -0.310 e. The van der Waals surface area contributed by atoms with E-state index < -0.39 is 15.6 Å². The third kappa shape index (κ3) is 4.68. The van der Waals surface area contributed by atoms with E-state index in [1.54, 1.807) is 68.4 Å². The Morgan fingerprint density at radius 3 is 2.18 bits per heavy atom. The van der Waals surface area contributed by atoms with E-state index in [1.165, 1.54) is 0 Å². The largest absolute Gasteiger partial charge is 0.310 e. The highest BCUT2D eigenvalue weighted by atomic mass is 35.5. The van der Waals surface area contributed by atoms with Crippen molar-refractivity contribution in [2.45, 2.75) is 30.7 Å². The van der Waals surface area contributed by atoms with E-state index in [0.717, 1.165) is 0 Å². The molecule has 0 saturated heterocycles. The second-order valence-electron chi connectivity index (χ2n) is 8.07. The lowest BCUT2D eigenvalue weighted by Crippen LogP contribution is -2.52. The molecular formula is C24H21Cl4N3O2S. The average molecular weight is 557 g/mol. The maximum absolute atomic E-state index is 14.0. The molecule has 0 unspecified atom stereocenters. The Hall–Kier alpha value is -1.80. The second-order valence-corrected chi connectivity index (χ2v) is 11.4. The molecule has 0 aliphatic carbocycles. The van der Waals surface area contributed by atoms with Crippen molar-refractivity contribution in [1.82, 2.24) is 10.1 Å². The molecule has 4 rings (SSSR count). The molecule has 0 amide bonds. The zero-order valence-electron chi connectivity index (χ0n) is 18.3. The van der Waals surface area contributed by atoms with Crippen molar-refractivity contribution in [3.8, 4) is 0 Å². The van der Waals surface area contributed by atoms with Gasteiger partial charge in [0.1, 0.15) is 5.54 Å². The Morgan fingerprint density at radius 2 is 1.56 bits per heavy atom. The zero-order chi connectivity index (χ0) is 24.7. The van der Waals surface area contributed by atoms with Crippen molar-refractivity contribution in [1.29, 1.82) is 0 Å². The number of nitrogens with zero attached hydrogens (tertiary/aromatic N) is 1. The molecular weight excluding hydrogens is 536 g/mol. The minimum absolute atomic E-state index is 0.115. The van der Waals surface area contributed by atoms with Crippen molar-refractivity contribution in [3.05, 3.63) is 96.9 Å². The van der Waals surface area contributed by atoms with Gasteiger partial charge in [-0.15, -0.1) is 0 Å². The van der Waals surface area contributed by atoms with Crippen molar-refractivity contribution in [2.75, 3.05) is 6.54 Å². The Balaban J connectivity index is 2.02. The molecule has 0 fully saturated rings. The summed E-state index contributed by atoms with van der Waals surface area (Å²) >= 11 is 25.3. The first-order valence-corrected chi connectivity index (χ1v) is 13.4. The topological polar surface area (TPSA) is 70.6 Å². The van der Waals surface area contributed by atoms with E-state index >= 15 is 0 Å². The molecule has 0 aromatic heterocycles. The van der Waals surface area contributed by atoms with Gasteiger partial charge >= 0.3 is 0 Å². The molecule has 34 heavy (non-hydrogen) atoms. The van der Waals surface area contributed by atoms with Crippen molar-refractivity contribution in [3.63, 3.8) is 0 Å². The number of benzene rings is 3. The van der Waals surface area contributed by atoms with Gasteiger partial charge in [0.2, 0.25) is 10.0 Å². The van der Waals surface area contributed by atoms with E-state index in [9.17, 15) is 8.42 Å². The molecule has 1 heterocycles. The van der Waals surface area contributed by atoms with Crippen LogP contribution in [0.2, 0.25) is 20.1 Å². The van der Waals surface area contributed by atoms with Crippen LogP contribution in [0.1, 0.15) is 28.7 Å². The molecule has 0 spiro atoms. The molecule has 1 aliphatic rings. The summed E-state index contributed by atoms with van der Waals surface area (Å²) in [6, 6.07) is 15.1. The van der Waals surface area contributed by atoms with Crippen LogP contribution in [0.25, 0.3) is 0 Å². The first-order chi connectivity index (χ1) is 16.0. The van der Waals surface area contributed by atoms with Crippen LogP contribution >= 0.6 is 46.4 Å². The van der Waals surface area contributed by atoms with Gasteiger partial charge < -0.3 is 5.43 Å². The van der Waals surface area contributed by atoms with E-state index in [-0.39, 0.29) is 4.90 Å². The number of rotatable bonds is 6. The zero-order valence-corrected chi connectivity index (χ0v) is 22.1. The smallest absolute Gasteiger partial charge is 0.242 e. The fourth-order valence-electron chi connectivity index (χ4n) is 4.10. The molecule has 178 valence electrons. The minimum atomic E-state index is -4.10. The van der Waals surface area contributed by atoms with Crippen LogP contribution in [0.3, 0.4) is 0 Å². The van der Waals surface area contributed by atoms with Crippen molar-refractivity contribution >= 4 is 62.1 Å². The highest BCUT2D eigenvalue weighted by Gasteiger charge is 2.46. The fraction of sp³-hybridized carbons (Fsp3) is 0.208. The summed E-state index contributed by atoms with van der Waals surface area (Å²) in [6.45, 7) is 4.01. The maximum atomic E-state index is 14.0. The van der Waals surface area contributed by atoms with Crippen molar-refractivity contribution < 1.29 is 8.42 Å². The summed E-state index contributed by atoms with van der Waals surface area (Å²) in [5, 5.41) is 6.20. The first-order valence-electron chi connectivity index (χ1n) is 10.4. The van der Waals surface area contributed by atoms with E-state index in [1.807, 2.05) is 0 Å².